The summed E-state index contributed by atoms with van der Waals surface area (Å²) in [5, 5.41) is 4.34. The number of fused-ring (bicyclic) bond motifs is 1. The summed E-state index contributed by atoms with van der Waals surface area (Å²) in [6, 6.07) is 17.3. The highest BCUT2D eigenvalue weighted by Crippen LogP contribution is 2.31. The first kappa shape index (κ1) is 20.2. The molecule has 8 heteroatoms. The molecule has 1 amide bonds. The van der Waals surface area contributed by atoms with Gasteiger partial charge in [0, 0.05) is 28.9 Å². The minimum atomic E-state index is -4.52. The number of rotatable bonds is 4. The number of para-hydroxylation sites is 1. The molecule has 2 aromatic carbocycles. The van der Waals surface area contributed by atoms with Crippen molar-refractivity contribution in [2.45, 2.75) is 6.18 Å². The van der Waals surface area contributed by atoms with E-state index in [0.29, 0.717) is 22.2 Å². The van der Waals surface area contributed by atoms with E-state index in [4.69, 9.17) is 0 Å². The van der Waals surface area contributed by atoms with Gasteiger partial charge >= 0.3 is 6.18 Å². The summed E-state index contributed by atoms with van der Waals surface area (Å²) in [6.07, 6.45) is -0.282. The number of nitrogens with one attached hydrogen (secondary N) is 1. The van der Waals surface area contributed by atoms with Gasteiger partial charge in [0.2, 0.25) is 0 Å². The Morgan fingerprint density at radius 2 is 1.77 bits per heavy atom. The first-order valence-corrected chi connectivity index (χ1v) is 9.23. The van der Waals surface area contributed by atoms with E-state index in [9.17, 15) is 18.0 Å². The molecule has 2 aromatic heterocycles. The van der Waals surface area contributed by atoms with Crippen molar-refractivity contribution in [3.05, 3.63) is 95.8 Å². The monoisotopic (exact) mass is 420 g/mol. The normalized spacial score (nSPS) is 11.7. The second-order valence-corrected chi connectivity index (χ2v) is 6.60. The quantitative estimate of drug-likeness (QED) is 0.370. The Balaban J connectivity index is 1.66. The van der Waals surface area contributed by atoms with Gasteiger partial charge in [-0.05, 0) is 30.3 Å². The molecule has 0 radical (unpaired) electrons. The molecule has 2 heterocycles. The molecule has 0 spiro atoms. The smallest absolute Gasteiger partial charge is 0.267 e. The van der Waals surface area contributed by atoms with Crippen molar-refractivity contribution < 1.29 is 18.0 Å². The fraction of sp³-hybridized carbons (Fsp3) is 0.0435. The predicted octanol–water partition coefficient (Wildman–Crippen LogP) is 5.08. The molecular weight excluding hydrogens is 405 g/mol. The molecule has 0 saturated carbocycles. The summed E-state index contributed by atoms with van der Waals surface area (Å²) in [6.45, 7) is 0. The molecule has 0 fully saturated rings. The number of alkyl halides is 3. The van der Waals surface area contributed by atoms with Crippen LogP contribution in [-0.4, -0.2) is 22.1 Å². The Kier molecular flexibility index (Phi) is 5.44. The maximum absolute atomic E-state index is 13.1. The van der Waals surface area contributed by atoms with Gasteiger partial charge in [-0.25, -0.2) is 10.4 Å². The van der Waals surface area contributed by atoms with Crippen LogP contribution in [0.1, 0.15) is 21.5 Å². The van der Waals surface area contributed by atoms with Crippen molar-refractivity contribution in [3.63, 3.8) is 0 Å². The van der Waals surface area contributed by atoms with Crippen LogP contribution in [0.25, 0.3) is 22.2 Å². The summed E-state index contributed by atoms with van der Waals surface area (Å²) in [5.41, 5.74) is 3.50. The SMILES string of the molecule is O=C(NN=Cc1ccccc1C(F)(F)F)c1cc(-c2cccnc2)nc2ccccc12. The van der Waals surface area contributed by atoms with Gasteiger partial charge in [0.15, 0.2) is 0 Å². The van der Waals surface area contributed by atoms with Crippen molar-refractivity contribution in [1.82, 2.24) is 15.4 Å². The third kappa shape index (κ3) is 4.42. The zero-order valence-corrected chi connectivity index (χ0v) is 16.0. The summed E-state index contributed by atoms with van der Waals surface area (Å²) in [7, 11) is 0. The molecule has 0 aliphatic rings. The number of nitrogens with zero attached hydrogens (tertiary/aromatic N) is 3. The van der Waals surface area contributed by atoms with E-state index in [1.165, 1.54) is 18.2 Å². The highest BCUT2D eigenvalue weighted by molar-refractivity contribution is 6.07. The van der Waals surface area contributed by atoms with Gasteiger partial charge < -0.3 is 0 Å². The highest BCUT2D eigenvalue weighted by atomic mass is 19.4. The highest BCUT2D eigenvalue weighted by Gasteiger charge is 2.32. The van der Waals surface area contributed by atoms with E-state index < -0.39 is 17.6 Å². The van der Waals surface area contributed by atoms with Gasteiger partial charge in [-0.15, -0.1) is 0 Å². The molecule has 0 bridgehead atoms. The van der Waals surface area contributed by atoms with E-state index in [-0.39, 0.29) is 5.56 Å². The molecule has 31 heavy (non-hydrogen) atoms. The van der Waals surface area contributed by atoms with Gasteiger partial charge in [0.05, 0.1) is 28.6 Å². The Morgan fingerprint density at radius 3 is 2.55 bits per heavy atom. The Hall–Kier alpha value is -4.07. The fourth-order valence-electron chi connectivity index (χ4n) is 3.11. The van der Waals surface area contributed by atoms with Crippen LogP contribution in [0.2, 0.25) is 0 Å². The van der Waals surface area contributed by atoms with Gasteiger partial charge in [-0.1, -0.05) is 36.4 Å². The van der Waals surface area contributed by atoms with Crippen LogP contribution < -0.4 is 5.43 Å². The van der Waals surface area contributed by atoms with Crippen LogP contribution in [-0.2, 0) is 6.18 Å². The van der Waals surface area contributed by atoms with Crippen LogP contribution in [0.3, 0.4) is 0 Å². The van der Waals surface area contributed by atoms with Crippen LogP contribution in [0.5, 0.6) is 0 Å². The van der Waals surface area contributed by atoms with E-state index in [0.717, 1.165) is 17.8 Å². The zero-order chi connectivity index (χ0) is 21.8. The number of benzene rings is 2. The van der Waals surface area contributed by atoms with Gasteiger partial charge in [0.25, 0.3) is 5.91 Å². The molecule has 0 aliphatic carbocycles. The van der Waals surface area contributed by atoms with Gasteiger partial charge in [0.1, 0.15) is 0 Å². The van der Waals surface area contributed by atoms with Crippen molar-refractivity contribution in [1.29, 1.82) is 0 Å². The number of hydrogen-bond donors (Lipinski definition) is 1. The Bertz CT molecular complexity index is 1270. The lowest BCUT2D eigenvalue weighted by Crippen LogP contribution is -2.19. The average molecular weight is 420 g/mol. The van der Waals surface area contributed by atoms with Crippen molar-refractivity contribution >= 4 is 23.0 Å². The van der Waals surface area contributed by atoms with Crippen molar-refractivity contribution in [2.24, 2.45) is 5.10 Å². The zero-order valence-electron chi connectivity index (χ0n) is 16.0. The predicted molar refractivity (Wildman–Crippen MR) is 111 cm³/mol. The second kappa shape index (κ2) is 8.35. The molecule has 154 valence electrons. The molecule has 1 N–H and O–H groups in total. The third-order valence-corrected chi connectivity index (χ3v) is 4.55. The summed E-state index contributed by atoms with van der Waals surface area (Å²) in [5.74, 6) is -0.565. The number of halogens is 3. The van der Waals surface area contributed by atoms with E-state index in [2.05, 4.69) is 20.5 Å². The summed E-state index contributed by atoms with van der Waals surface area (Å²) in [4.78, 5) is 21.5. The number of aromatic nitrogens is 2. The largest absolute Gasteiger partial charge is 0.417 e. The Morgan fingerprint density at radius 1 is 1.00 bits per heavy atom. The van der Waals surface area contributed by atoms with Crippen LogP contribution >= 0.6 is 0 Å². The third-order valence-electron chi connectivity index (χ3n) is 4.55. The number of amides is 1. The van der Waals surface area contributed by atoms with Gasteiger partial charge in [-0.2, -0.15) is 18.3 Å². The van der Waals surface area contributed by atoms with Crippen molar-refractivity contribution in [2.75, 3.05) is 0 Å². The maximum Gasteiger partial charge on any atom is 0.417 e. The number of carbonyl (C=O) groups is 1. The molecule has 0 atom stereocenters. The molecule has 5 nitrogen and oxygen atoms in total. The minimum absolute atomic E-state index is 0.147. The van der Waals surface area contributed by atoms with Gasteiger partial charge in [-0.3, -0.25) is 9.78 Å². The molecule has 4 rings (SSSR count). The summed E-state index contributed by atoms with van der Waals surface area (Å²) < 4.78 is 39.4. The number of carbonyl (C=O) groups excluding carboxylic acids is 1. The molecule has 0 aliphatic heterocycles. The molecular formula is C23H15F3N4O. The first-order valence-electron chi connectivity index (χ1n) is 9.23. The first-order chi connectivity index (χ1) is 14.9. The fourth-order valence-corrected chi connectivity index (χ4v) is 3.11. The molecule has 0 saturated heterocycles. The lowest BCUT2D eigenvalue weighted by atomic mass is 10.0. The number of pyridine rings is 2. The summed E-state index contributed by atoms with van der Waals surface area (Å²) >= 11 is 0. The number of hydrogen-bond acceptors (Lipinski definition) is 4. The second-order valence-electron chi connectivity index (χ2n) is 6.60. The van der Waals surface area contributed by atoms with Crippen LogP contribution in [0.4, 0.5) is 13.2 Å². The van der Waals surface area contributed by atoms with E-state index >= 15 is 0 Å². The minimum Gasteiger partial charge on any atom is -0.267 e. The molecule has 0 unspecified atom stereocenters. The van der Waals surface area contributed by atoms with Crippen LogP contribution in [0, 0.1) is 0 Å². The average Bonchev–Trinajstić information content (AvgIpc) is 2.78. The lowest BCUT2D eigenvalue weighted by molar-refractivity contribution is -0.137. The van der Waals surface area contributed by atoms with E-state index in [1.54, 1.807) is 48.8 Å². The van der Waals surface area contributed by atoms with Crippen molar-refractivity contribution in [3.8, 4) is 11.3 Å². The maximum atomic E-state index is 13.1. The molecule has 4 aromatic rings. The number of hydrazone groups is 1. The Labute approximate surface area is 175 Å². The van der Waals surface area contributed by atoms with Crippen LogP contribution in [0.15, 0.2) is 84.2 Å². The lowest BCUT2D eigenvalue weighted by Gasteiger charge is -2.10. The standard InChI is InChI=1S/C23H15F3N4O/c24-23(25,26)19-9-3-1-6-15(19)14-28-30-22(31)18-12-21(16-7-5-11-27-13-16)29-20-10-4-2-8-17(18)20/h1-14H,(H,30,31). The topological polar surface area (TPSA) is 67.2 Å². The van der Waals surface area contributed by atoms with E-state index in [1.807, 2.05) is 6.07 Å².